The number of alkyl halides is 1. The van der Waals surface area contributed by atoms with Crippen LogP contribution < -0.4 is 15.7 Å². The van der Waals surface area contributed by atoms with Crippen molar-refractivity contribution in [3.05, 3.63) is 65.4 Å². The van der Waals surface area contributed by atoms with Gasteiger partial charge < -0.3 is 10.6 Å². The van der Waals surface area contributed by atoms with Crippen molar-refractivity contribution in [2.24, 2.45) is 4.99 Å². The Labute approximate surface area is 188 Å². The lowest BCUT2D eigenvalue weighted by molar-refractivity contribution is -0.00720. The lowest BCUT2D eigenvalue weighted by Crippen LogP contribution is -2.49. The number of benzene rings is 2. The van der Waals surface area contributed by atoms with E-state index in [4.69, 9.17) is 4.84 Å². The molecule has 2 aliphatic rings. The first-order chi connectivity index (χ1) is 15.7. The van der Waals surface area contributed by atoms with Gasteiger partial charge in [-0.15, -0.1) is 11.3 Å². The van der Waals surface area contributed by atoms with E-state index in [1.807, 2.05) is 23.6 Å². The Morgan fingerprint density at radius 2 is 2.19 bits per heavy atom. The summed E-state index contributed by atoms with van der Waals surface area (Å²) in [6, 6.07) is 12.0. The van der Waals surface area contributed by atoms with E-state index in [2.05, 4.69) is 20.6 Å². The van der Waals surface area contributed by atoms with Crippen LogP contribution in [0.1, 0.15) is 18.4 Å². The summed E-state index contributed by atoms with van der Waals surface area (Å²) in [5.74, 6) is -0.333. The van der Waals surface area contributed by atoms with Crippen LogP contribution in [0, 0.1) is 5.82 Å². The molecule has 0 saturated carbocycles. The van der Waals surface area contributed by atoms with Crippen molar-refractivity contribution < 1.29 is 13.6 Å². The summed E-state index contributed by atoms with van der Waals surface area (Å²) < 4.78 is 27.0. The highest BCUT2D eigenvalue weighted by Crippen LogP contribution is 2.33. The number of nitrogens with one attached hydrogen (secondary N) is 2. The fourth-order valence-electron chi connectivity index (χ4n) is 3.98. The minimum Gasteiger partial charge on any atom is -0.345 e. The maximum atomic E-state index is 13.7. The van der Waals surface area contributed by atoms with Gasteiger partial charge in [0.05, 0.1) is 11.8 Å². The van der Waals surface area contributed by atoms with Gasteiger partial charge in [-0.2, -0.15) is 0 Å². The molecule has 3 atom stereocenters. The highest BCUT2D eigenvalue weighted by molar-refractivity contribution is 7.13. The predicted octanol–water partition coefficient (Wildman–Crippen LogP) is 4.61. The summed E-state index contributed by atoms with van der Waals surface area (Å²) in [5.41, 5.74) is 3.33. The molecule has 32 heavy (non-hydrogen) atoms. The normalized spacial score (nSPS) is 22.6. The van der Waals surface area contributed by atoms with Gasteiger partial charge in [0.15, 0.2) is 0 Å². The monoisotopic (exact) mass is 455 g/mol. The van der Waals surface area contributed by atoms with Gasteiger partial charge >= 0.3 is 0 Å². The van der Waals surface area contributed by atoms with Gasteiger partial charge in [-0.05, 0) is 55.8 Å². The third kappa shape index (κ3) is 4.50. The number of nitrogens with zero attached hydrogens (tertiary/aromatic N) is 3. The molecule has 1 aromatic heterocycles. The Bertz CT molecular complexity index is 1090. The van der Waals surface area contributed by atoms with Crippen LogP contribution in [0.25, 0.3) is 10.6 Å². The Morgan fingerprint density at radius 1 is 1.25 bits per heavy atom. The van der Waals surface area contributed by atoms with E-state index in [-0.39, 0.29) is 18.0 Å². The van der Waals surface area contributed by atoms with Gasteiger partial charge in [0, 0.05) is 40.6 Å². The summed E-state index contributed by atoms with van der Waals surface area (Å²) in [6.45, 7) is 0.255. The highest BCUT2D eigenvalue weighted by atomic mass is 32.1. The molecule has 1 saturated heterocycles. The molecule has 166 valence electrons. The number of hydroxylamine groups is 1. The summed E-state index contributed by atoms with van der Waals surface area (Å²) in [4.78, 5) is 15.4. The molecular weight excluding hydrogens is 432 g/mol. The Balaban J connectivity index is 1.45. The van der Waals surface area contributed by atoms with Crippen LogP contribution in [0.4, 0.5) is 20.2 Å². The highest BCUT2D eigenvalue weighted by Gasteiger charge is 2.31. The zero-order chi connectivity index (χ0) is 21.9. The molecule has 2 N–H and O–H groups in total. The second-order valence-corrected chi connectivity index (χ2v) is 8.69. The molecule has 3 heterocycles. The summed E-state index contributed by atoms with van der Waals surface area (Å²) in [5, 5.41) is 11.0. The lowest BCUT2D eigenvalue weighted by atomic mass is 10.0. The Morgan fingerprint density at radius 3 is 3.00 bits per heavy atom. The number of anilines is 2. The number of thiazole rings is 1. The van der Waals surface area contributed by atoms with Crippen molar-refractivity contribution >= 4 is 28.9 Å². The molecule has 0 amide bonds. The van der Waals surface area contributed by atoms with Gasteiger partial charge in [0.2, 0.25) is 6.29 Å². The number of halogens is 2. The number of fused-ring (bicyclic) bond motifs is 1. The maximum Gasteiger partial charge on any atom is 0.219 e. The van der Waals surface area contributed by atoms with Crippen molar-refractivity contribution in [3.8, 4) is 10.6 Å². The van der Waals surface area contributed by atoms with Gasteiger partial charge in [0.25, 0.3) is 0 Å². The molecule has 0 aliphatic carbocycles. The number of aliphatic imine (C=N–C) groups is 1. The number of rotatable bonds is 6. The third-order valence-electron chi connectivity index (χ3n) is 5.54. The number of aromatic nitrogens is 1. The zero-order valence-electron chi connectivity index (χ0n) is 17.2. The van der Waals surface area contributed by atoms with E-state index in [0.29, 0.717) is 18.7 Å². The first-order valence-electron chi connectivity index (χ1n) is 10.5. The largest absolute Gasteiger partial charge is 0.345 e. The second-order valence-electron chi connectivity index (χ2n) is 7.80. The van der Waals surface area contributed by atoms with Gasteiger partial charge in [0.1, 0.15) is 17.5 Å². The van der Waals surface area contributed by atoms with E-state index in [0.717, 1.165) is 28.2 Å². The standard InChI is InChI=1S/C23H23F2N5OS/c24-13-19-12-20(6-7-26-19)31-30-21-5-4-15(22-27-8-9-32-22)10-16(21)14-28-23(30)29-18-3-1-2-17(25)11-18/h1-5,8-11,14,19-20,23,26,29H,6-7,12-13H2. The average Bonchev–Trinajstić information content (AvgIpc) is 3.35. The van der Waals surface area contributed by atoms with Crippen LogP contribution in [0.5, 0.6) is 0 Å². The van der Waals surface area contributed by atoms with Gasteiger partial charge in [-0.25, -0.2) is 23.8 Å². The smallest absolute Gasteiger partial charge is 0.219 e. The van der Waals surface area contributed by atoms with Crippen molar-refractivity contribution in [1.82, 2.24) is 10.3 Å². The molecule has 3 unspecified atom stereocenters. The van der Waals surface area contributed by atoms with Crippen LogP contribution in [0.15, 0.2) is 59.0 Å². The predicted molar refractivity (Wildman–Crippen MR) is 123 cm³/mol. The Kier molecular flexibility index (Phi) is 6.11. The molecule has 3 aromatic rings. The van der Waals surface area contributed by atoms with Crippen molar-refractivity contribution in [3.63, 3.8) is 0 Å². The van der Waals surface area contributed by atoms with E-state index >= 15 is 0 Å². The minimum absolute atomic E-state index is 0.159. The fraction of sp³-hybridized carbons (Fsp3) is 0.304. The first kappa shape index (κ1) is 21.0. The maximum absolute atomic E-state index is 13.7. The molecule has 0 spiro atoms. The SMILES string of the molecule is FCC1CC(ON2c3ccc(-c4nccs4)cc3C=NC2Nc2cccc(F)c2)CCN1. The molecule has 9 heteroatoms. The van der Waals surface area contributed by atoms with Gasteiger partial charge in [-0.3, -0.25) is 4.84 Å². The Hall–Kier alpha value is -2.88. The van der Waals surface area contributed by atoms with E-state index < -0.39 is 13.0 Å². The number of hydrogen-bond donors (Lipinski definition) is 2. The van der Waals surface area contributed by atoms with E-state index in [1.54, 1.807) is 40.9 Å². The topological polar surface area (TPSA) is 61.8 Å². The molecule has 5 rings (SSSR count). The first-order valence-corrected chi connectivity index (χ1v) is 11.4. The van der Waals surface area contributed by atoms with E-state index in [1.165, 1.54) is 12.1 Å². The van der Waals surface area contributed by atoms with Crippen LogP contribution >= 0.6 is 11.3 Å². The molecule has 0 bridgehead atoms. The molecule has 2 aliphatic heterocycles. The summed E-state index contributed by atoms with van der Waals surface area (Å²) >= 11 is 1.57. The lowest BCUT2D eigenvalue weighted by Gasteiger charge is -2.39. The van der Waals surface area contributed by atoms with Gasteiger partial charge in [-0.1, -0.05) is 6.07 Å². The van der Waals surface area contributed by atoms with Crippen LogP contribution in [0.2, 0.25) is 0 Å². The molecular formula is C23H23F2N5OS. The van der Waals surface area contributed by atoms with Crippen LogP contribution in [-0.2, 0) is 4.84 Å². The van der Waals surface area contributed by atoms with Crippen LogP contribution in [-0.4, -0.2) is 42.9 Å². The summed E-state index contributed by atoms with van der Waals surface area (Å²) in [6.07, 6.45) is 4.14. The molecule has 6 nitrogen and oxygen atoms in total. The fourth-order valence-corrected chi connectivity index (χ4v) is 4.61. The zero-order valence-corrected chi connectivity index (χ0v) is 18.1. The molecule has 0 radical (unpaired) electrons. The average molecular weight is 456 g/mol. The quantitative estimate of drug-likeness (QED) is 0.569. The van der Waals surface area contributed by atoms with E-state index in [9.17, 15) is 8.78 Å². The minimum atomic E-state index is -0.589. The molecule has 2 aromatic carbocycles. The molecule has 1 fully saturated rings. The van der Waals surface area contributed by atoms with Crippen molar-refractivity contribution in [2.45, 2.75) is 31.3 Å². The second kappa shape index (κ2) is 9.32. The number of piperidine rings is 1. The third-order valence-corrected chi connectivity index (χ3v) is 6.36. The summed E-state index contributed by atoms with van der Waals surface area (Å²) in [7, 11) is 0. The number of hydrogen-bond acceptors (Lipinski definition) is 7. The van der Waals surface area contributed by atoms with Crippen molar-refractivity contribution in [1.29, 1.82) is 0 Å². The van der Waals surface area contributed by atoms with Crippen molar-refractivity contribution in [2.75, 3.05) is 23.6 Å². The van der Waals surface area contributed by atoms with Crippen LogP contribution in [0.3, 0.4) is 0 Å².